The predicted octanol–water partition coefficient (Wildman–Crippen LogP) is 1.24. The van der Waals surface area contributed by atoms with Gasteiger partial charge in [0.15, 0.2) is 0 Å². The van der Waals surface area contributed by atoms with E-state index in [1.165, 1.54) is 12.8 Å². The highest BCUT2D eigenvalue weighted by atomic mass is 16.4. The average molecular weight is 171 g/mol. The van der Waals surface area contributed by atoms with Crippen LogP contribution in [0.1, 0.15) is 32.6 Å². The van der Waals surface area contributed by atoms with Crippen molar-refractivity contribution in [2.75, 3.05) is 6.54 Å². The number of nitrogens with one attached hydrogen (secondary N) is 1. The standard InChI is InChI=1S/C9H17NO2/c1-7(9(11)12)8-5-3-2-4-6-10-8/h7-8,10H,2-6H2,1H3,(H,11,12). The van der Waals surface area contributed by atoms with Crippen molar-refractivity contribution in [3.63, 3.8) is 0 Å². The second kappa shape index (κ2) is 4.45. The van der Waals surface area contributed by atoms with Crippen LogP contribution in [0.25, 0.3) is 0 Å². The molecule has 0 aliphatic carbocycles. The van der Waals surface area contributed by atoms with Gasteiger partial charge in [0.2, 0.25) is 0 Å². The molecule has 0 saturated carbocycles. The summed E-state index contributed by atoms with van der Waals surface area (Å²) in [6.07, 6.45) is 4.58. The van der Waals surface area contributed by atoms with Gasteiger partial charge in [0.1, 0.15) is 0 Å². The lowest BCUT2D eigenvalue weighted by Gasteiger charge is -2.19. The number of aliphatic carboxylic acids is 1. The lowest BCUT2D eigenvalue weighted by atomic mass is 9.98. The van der Waals surface area contributed by atoms with E-state index in [-0.39, 0.29) is 12.0 Å². The van der Waals surface area contributed by atoms with Crippen LogP contribution >= 0.6 is 0 Å². The molecule has 12 heavy (non-hydrogen) atoms. The van der Waals surface area contributed by atoms with Crippen molar-refractivity contribution in [2.24, 2.45) is 5.92 Å². The smallest absolute Gasteiger partial charge is 0.307 e. The zero-order valence-electron chi connectivity index (χ0n) is 7.55. The zero-order chi connectivity index (χ0) is 8.97. The Morgan fingerprint density at radius 2 is 2.25 bits per heavy atom. The first-order valence-electron chi connectivity index (χ1n) is 4.68. The molecular weight excluding hydrogens is 154 g/mol. The van der Waals surface area contributed by atoms with E-state index in [4.69, 9.17) is 5.11 Å². The Morgan fingerprint density at radius 3 is 2.92 bits per heavy atom. The first-order chi connectivity index (χ1) is 5.72. The molecule has 1 saturated heterocycles. The van der Waals surface area contributed by atoms with E-state index in [1.807, 2.05) is 0 Å². The molecule has 0 radical (unpaired) electrons. The van der Waals surface area contributed by atoms with E-state index < -0.39 is 5.97 Å². The second-order valence-electron chi connectivity index (χ2n) is 3.54. The molecule has 1 rings (SSSR count). The zero-order valence-corrected chi connectivity index (χ0v) is 7.55. The number of carboxylic acid groups (broad SMARTS) is 1. The van der Waals surface area contributed by atoms with Gasteiger partial charge in [0.25, 0.3) is 0 Å². The number of carboxylic acids is 1. The van der Waals surface area contributed by atoms with Gasteiger partial charge in [0, 0.05) is 6.04 Å². The van der Waals surface area contributed by atoms with Crippen LogP contribution in [0.15, 0.2) is 0 Å². The lowest BCUT2D eigenvalue weighted by molar-refractivity contribution is -0.142. The van der Waals surface area contributed by atoms with Gasteiger partial charge >= 0.3 is 5.97 Å². The topological polar surface area (TPSA) is 49.3 Å². The molecule has 0 aromatic heterocycles. The summed E-state index contributed by atoms with van der Waals surface area (Å²) in [6, 6.07) is 0.185. The van der Waals surface area contributed by atoms with Crippen molar-refractivity contribution in [1.29, 1.82) is 0 Å². The third kappa shape index (κ3) is 2.48. The van der Waals surface area contributed by atoms with Crippen LogP contribution in [0, 0.1) is 5.92 Å². The second-order valence-corrected chi connectivity index (χ2v) is 3.54. The number of carbonyl (C=O) groups is 1. The molecule has 1 fully saturated rings. The Morgan fingerprint density at radius 1 is 1.50 bits per heavy atom. The van der Waals surface area contributed by atoms with Gasteiger partial charge in [-0.15, -0.1) is 0 Å². The van der Waals surface area contributed by atoms with Crippen LogP contribution in [0.5, 0.6) is 0 Å². The maximum atomic E-state index is 10.7. The van der Waals surface area contributed by atoms with Gasteiger partial charge < -0.3 is 10.4 Å². The molecule has 0 bridgehead atoms. The summed E-state index contributed by atoms with van der Waals surface area (Å²) in [6.45, 7) is 2.76. The first kappa shape index (κ1) is 9.52. The van der Waals surface area contributed by atoms with Gasteiger partial charge in [-0.2, -0.15) is 0 Å². The van der Waals surface area contributed by atoms with Crippen molar-refractivity contribution >= 4 is 5.97 Å². The van der Waals surface area contributed by atoms with E-state index in [0.717, 1.165) is 19.4 Å². The summed E-state index contributed by atoms with van der Waals surface area (Å²) in [5.74, 6) is -0.933. The SMILES string of the molecule is CC(C(=O)O)C1CCCCCN1. The minimum Gasteiger partial charge on any atom is -0.481 e. The van der Waals surface area contributed by atoms with Gasteiger partial charge in [0.05, 0.1) is 5.92 Å². The minimum absolute atomic E-state index is 0.185. The minimum atomic E-state index is -0.686. The largest absolute Gasteiger partial charge is 0.481 e. The van der Waals surface area contributed by atoms with Gasteiger partial charge in [-0.05, 0) is 19.4 Å². The van der Waals surface area contributed by atoms with Crippen LogP contribution < -0.4 is 5.32 Å². The number of rotatable bonds is 2. The van der Waals surface area contributed by atoms with Gasteiger partial charge in [-0.1, -0.05) is 19.8 Å². The normalized spacial score (nSPS) is 27.6. The van der Waals surface area contributed by atoms with E-state index in [9.17, 15) is 4.79 Å². The molecule has 70 valence electrons. The lowest BCUT2D eigenvalue weighted by Crippen LogP contribution is -2.37. The summed E-state index contributed by atoms with van der Waals surface area (Å²) < 4.78 is 0. The molecule has 3 nitrogen and oxygen atoms in total. The highest BCUT2D eigenvalue weighted by molar-refractivity contribution is 5.70. The maximum absolute atomic E-state index is 10.7. The number of hydrogen-bond acceptors (Lipinski definition) is 2. The fraction of sp³-hybridized carbons (Fsp3) is 0.889. The Labute approximate surface area is 73.2 Å². The monoisotopic (exact) mass is 171 g/mol. The summed E-state index contributed by atoms with van der Waals surface area (Å²) >= 11 is 0. The highest BCUT2D eigenvalue weighted by Gasteiger charge is 2.23. The van der Waals surface area contributed by atoms with Crippen LogP contribution in [-0.2, 0) is 4.79 Å². The van der Waals surface area contributed by atoms with Crippen molar-refractivity contribution in [1.82, 2.24) is 5.32 Å². The molecule has 1 aliphatic rings. The molecule has 0 aromatic rings. The summed E-state index contributed by atoms with van der Waals surface area (Å²) in [7, 11) is 0. The molecule has 1 heterocycles. The molecule has 1 aliphatic heterocycles. The van der Waals surface area contributed by atoms with Crippen LogP contribution in [-0.4, -0.2) is 23.7 Å². The summed E-state index contributed by atoms with van der Waals surface area (Å²) in [5.41, 5.74) is 0. The third-order valence-electron chi connectivity index (χ3n) is 2.59. The molecule has 2 unspecified atom stereocenters. The molecular formula is C9H17NO2. The number of hydrogen-bond donors (Lipinski definition) is 2. The maximum Gasteiger partial charge on any atom is 0.307 e. The Kier molecular flexibility index (Phi) is 3.53. The average Bonchev–Trinajstić information content (AvgIpc) is 2.30. The van der Waals surface area contributed by atoms with Gasteiger partial charge in [-0.25, -0.2) is 0 Å². The summed E-state index contributed by atoms with van der Waals surface area (Å²) in [5, 5.41) is 12.1. The Hall–Kier alpha value is -0.570. The van der Waals surface area contributed by atoms with Crippen LogP contribution in [0.3, 0.4) is 0 Å². The van der Waals surface area contributed by atoms with Crippen LogP contribution in [0.4, 0.5) is 0 Å². The summed E-state index contributed by atoms with van der Waals surface area (Å²) in [4.78, 5) is 10.7. The van der Waals surface area contributed by atoms with Crippen LogP contribution in [0.2, 0.25) is 0 Å². The Bertz CT molecular complexity index is 151. The van der Waals surface area contributed by atoms with Gasteiger partial charge in [-0.3, -0.25) is 4.79 Å². The van der Waals surface area contributed by atoms with Crippen molar-refractivity contribution in [3.05, 3.63) is 0 Å². The van der Waals surface area contributed by atoms with Crippen molar-refractivity contribution in [2.45, 2.75) is 38.6 Å². The molecule has 0 spiro atoms. The van der Waals surface area contributed by atoms with Crippen molar-refractivity contribution in [3.8, 4) is 0 Å². The molecule has 0 aromatic carbocycles. The van der Waals surface area contributed by atoms with E-state index in [1.54, 1.807) is 6.92 Å². The molecule has 0 amide bonds. The predicted molar refractivity (Wildman–Crippen MR) is 47.1 cm³/mol. The van der Waals surface area contributed by atoms with E-state index in [2.05, 4.69) is 5.32 Å². The first-order valence-corrected chi connectivity index (χ1v) is 4.68. The third-order valence-corrected chi connectivity index (χ3v) is 2.59. The molecule has 3 heteroatoms. The quantitative estimate of drug-likeness (QED) is 0.657. The molecule has 2 atom stereocenters. The van der Waals surface area contributed by atoms with E-state index in [0.29, 0.717) is 0 Å². The fourth-order valence-electron chi connectivity index (χ4n) is 1.65. The highest BCUT2D eigenvalue weighted by Crippen LogP contribution is 2.15. The molecule has 2 N–H and O–H groups in total. The Balaban J connectivity index is 2.42. The van der Waals surface area contributed by atoms with E-state index >= 15 is 0 Å². The fourth-order valence-corrected chi connectivity index (χ4v) is 1.65. The van der Waals surface area contributed by atoms with Crippen molar-refractivity contribution < 1.29 is 9.90 Å².